The number of hydrogen-bond donors (Lipinski definition) is 2. The van der Waals surface area contributed by atoms with Gasteiger partial charge in [0.25, 0.3) is 5.91 Å². The molecule has 6 heteroatoms. The van der Waals surface area contributed by atoms with Crippen molar-refractivity contribution in [3.05, 3.63) is 28.8 Å². The molecule has 4 nitrogen and oxygen atoms in total. The molecule has 1 heterocycles. The summed E-state index contributed by atoms with van der Waals surface area (Å²) in [6.07, 6.45) is 1.60. The van der Waals surface area contributed by atoms with Crippen molar-refractivity contribution < 1.29 is 9.90 Å². The van der Waals surface area contributed by atoms with Crippen molar-refractivity contribution in [2.24, 2.45) is 11.7 Å². The number of carbonyl (C=O) groups is 1. The molecule has 1 aliphatic rings. The Balaban J connectivity index is 2.05. The lowest BCUT2D eigenvalue weighted by Gasteiger charge is -2.31. The number of phenolic OH excluding ortho intramolecular Hbond substituents is 1. The molecule has 19 heavy (non-hydrogen) atoms. The van der Waals surface area contributed by atoms with Crippen LogP contribution >= 0.6 is 23.8 Å². The van der Waals surface area contributed by atoms with E-state index in [0.29, 0.717) is 23.6 Å². The Morgan fingerprint density at radius 1 is 1.42 bits per heavy atom. The minimum atomic E-state index is -0.0803. The van der Waals surface area contributed by atoms with Crippen LogP contribution < -0.4 is 5.73 Å². The van der Waals surface area contributed by atoms with E-state index in [0.717, 1.165) is 12.8 Å². The molecule has 0 radical (unpaired) electrons. The average Bonchev–Trinajstić information content (AvgIpc) is 2.41. The molecule has 0 unspecified atom stereocenters. The van der Waals surface area contributed by atoms with Gasteiger partial charge in [0, 0.05) is 24.6 Å². The maximum Gasteiger partial charge on any atom is 0.253 e. The van der Waals surface area contributed by atoms with Gasteiger partial charge in [-0.3, -0.25) is 4.79 Å². The molecule has 1 aliphatic heterocycles. The predicted octanol–water partition coefficient (Wildman–Crippen LogP) is 2.18. The van der Waals surface area contributed by atoms with Gasteiger partial charge in [0.05, 0.1) is 10.0 Å². The molecule has 102 valence electrons. The molecule has 1 amide bonds. The average molecular weight is 299 g/mol. The molecule has 1 fully saturated rings. The number of piperidine rings is 1. The van der Waals surface area contributed by atoms with Gasteiger partial charge in [-0.1, -0.05) is 23.8 Å². The third kappa shape index (κ3) is 3.16. The van der Waals surface area contributed by atoms with Crippen LogP contribution in [0.15, 0.2) is 18.2 Å². The third-order valence-corrected chi connectivity index (χ3v) is 4.02. The summed E-state index contributed by atoms with van der Waals surface area (Å²) in [5.74, 6) is 0.121. The van der Waals surface area contributed by atoms with E-state index in [-0.39, 0.29) is 22.6 Å². The number of aromatic hydroxyl groups is 1. The summed E-state index contributed by atoms with van der Waals surface area (Å²) in [6.45, 7) is 1.28. The van der Waals surface area contributed by atoms with Crippen LogP contribution in [-0.2, 0) is 0 Å². The van der Waals surface area contributed by atoms with Crippen LogP contribution in [0.4, 0.5) is 0 Å². The normalized spacial score (nSPS) is 16.4. The lowest BCUT2D eigenvalue weighted by Crippen LogP contribution is -2.41. The summed E-state index contributed by atoms with van der Waals surface area (Å²) in [6, 6.07) is 4.49. The van der Waals surface area contributed by atoms with Crippen molar-refractivity contribution in [2.45, 2.75) is 12.8 Å². The number of thiocarbonyl (C=S) groups is 1. The van der Waals surface area contributed by atoms with Crippen LogP contribution in [0.25, 0.3) is 0 Å². The highest BCUT2D eigenvalue weighted by Crippen LogP contribution is 2.25. The molecule has 0 aliphatic carbocycles. The second-order valence-corrected chi connectivity index (χ2v) is 5.51. The van der Waals surface area contributed by atoms with Crippen molar-refractivity contribution in [3.8, 4) is 5.75 Å². The van der Waals surface area contributed by atoms with Gasteiger partial charge in [0.15, 0.2) is 0 Å². The fourth-order valence-electron chi connectivity index (χ4n) is 2.19. The van der Waals surface area contributed by atoms with Crippen LogP contribution in [0, 0.1) is 5.92 Å². The Kier molecular flexibility index (Phi) is 4.27. The third-order valence-electron chi connectivity index (χ3n) is 3.38. The van der Waals surface area contributed by atoms with Gasteiger partial charge >= 0.3 is 0 Å². The van der Waals surface area contributed by atoms with Gasteiger partial charge in [-0.05, 0) is 31.0 Å². The number of nitrogens with zero attached hydrogens (tertiary/aromatic N) is 1. The van der Waals surface area contributed by atoms with E-state index in [2.05, 4.69) is 0 Å². The Hall–Kier alpha value is -1.33. The first-order valence-electron chi connectivity index (χ1n) is 6.06. The molecule has 1 aromatic carbocycles. The van der Waals surface area contributed by atoms with E-state index >= 15 is 0 Å². The first-order chi connectivity index (χ1) is 8.99. The smallest absolute Gasteiger partial charge is 0.253 e. The van der Waals surface area contributed by atoms with Crippen molar-refractivity contribution in [2.75, 3.05) is 13.1 Å². The van der Waals surface area contributed by atoms with Crippen molar-refractivity contribution in [1.29, 1.82) is 0 Å². The second-order valence-electron chi connectivity index (χ2n) is 4.64. The SMILES string of the molecule is NC(=S)C1CCN(C(=O)c2ccc(O)c(Cl)c2)CC1. The molecule has 0 atom stereocenters. The molecule has 2 rings (SSSR count). The summed E-state index contributed by atoms with van der Waals surface area (Å²) in [5, 5.41) is 9.53. The molecule has 3 N–H and O–H groups in total. The molecule has 1 saturated heterocycles. The predicted molar refractivity (Wildman–Crippen MR) is 78.5 cm³/mol. The van der Waals surface area contributed by atoms with E-state index in [1.54, 1.807) is 11.0 Å². The quantitative estimate of drug-likeness (QED) is 0.821. The van der Waals surface area contributed by atoms with Gasteiger partial charge in [-0.15, -0.1) is 0 Å². The second kappa shape index (κ2) is 5.75. The molecule has 1 aromatic rings. The zero-order valence-electron chi connectivity index (χ0n) is 10.3. The topological polar surface area (TPSA) is 66.6 Å². The summed E-state index contributed by atoms with van der Waals surface area (Å²) >= 11 is 10.8. The van der Waals surface area contributed by atoms with Gasteiger partial charge in [-0.2, -0.15) is 0 Å². The summed E-state index contributed by atoms with van der Waals surface area (Å²) in [4.78, 5) is 14.6. The lowest BCUT2D eigenvalue weighted by atomic mass is 9.96. The van der Waals surface area contributed by atoms with Gasteiger partial charge in [0.1, 0.15) is 5.75 Å². The largest absolute Gasteiger partial charge is 0.506 e. The van der Waals surface area contributed by atoms with Crippen LogP contribution in [0.2, 0.25) is 5.02 Å². The highest BCUT2D eigenvalue weighted by Gasteiger charge is 2.25. The Morgan fingerprint density at radius 3 is 2.58 bits per heavy atom. The summed E-state index contributed by atoms with van der Waals surface area (Å²) < 4.78 is 0. The van der Waals surface area contributed by atoms with Crippen LogP contribution in [0.5, 0.6) is 5.75 Å². The Bertz CT molecular complexity index is 513. The van der Waals surface area contributed by atoms with Crippen LogP contribution in [0.1, 0.15) is 23.2 Å². The molecule has 0 spiro atoms. The molecular weight excluding hydrogens is 284 g/mol. The number of carbonyl (C=O) groups excluding carboxylic acids is 1. The maximum absolute atomic E-state index is 12.3. The monoisotopic (exact) mass is 298 g/mol. The number of halogens is 1. The first kappa shape index (κ1) is 14.1. The van der Waals surface area contributed by atoms with Crippen molar-refractivity contribution >= 4 is 34.7 Å². The minimum Gasteiger partial charge on any atom is -0.506 e. The van der Waals surface area contributed by atoms with Crippen molar-refractivity contribution in [1.82, 2.24) is 4.90 Å². The molecule has 0 bridgehead atoms. The zero-order valence-corrected chi connectivity index (χ0v) is 11.9. The molecule has 0 saturated carbocycles. The fraction of sp³-hybridized carbons (Fsp3) is 0.385. The Morgan fingerprint density at radius 2 is 2.05 bits per heavy atom. The zero-order chi connectivity index (χ0) is 14.0. The summed E-state index contributed by atoms with van der Waals surface area (Å²) in [5.41, 5.74) is 6.10. The van der Waals surface area contributed by atoms with E-state index in [4.69, 9.17) is 29.6 Å². The summed E-state index contributed by atoms with van der Waals surface area (Å²) in [7, 11) is 0. The lowest BCUT2D eigenvalue weighted by molar-refractivity contribution is 0.0710. The molecule has 0 aromatic heterocycles. The van der Waals surface area contributed by atoms with E-state index in [9.17, 15) is 9.90 Å². The van der Waals surface area contributed by atoms with E-state index in [1.807, 2.05) is 0 Å². The first-order valence-corrected chi connectivity index (χ1v) is 6.84. The van der Waals surface area contributed by atoms with E-state index in [1.165, 1.54) is 12.1 Å². The van der Waals surface area contributed by atoms with E-state index < -0.39 is 0 Å². The fourth-order valence-corrected chi connectivity index (χ4v) is 2.61. The standard InChI is InChI=1S/C13H15ClN2O2S/c14-10-7-9(1-2-11(10)17)13(18)16-5-3-8(4-6-16)12(15)19/h1-2,7-8,17H,3-6H2,(H2,15,19). The molecular formula is C13H15ClN2O2S. The van der Waals surface area contributed by atoms with Crippen molar-refractivity contribution in [3.63, 3.8) is 0 Å². The van der Waals surface area contributed by atoms with Gasteiger partial charge in [0.2, 0.25) is 0 Å². The van der Waals surface area contributed by atoms with Gasteiger partial charge < -0.3 is 15.7 Å². The Labute approximate surface area is 122 Å². The van der Waals surface area contributed by atoms with Gasteiger partial charge in [-0.25, -0.2) is 0 Å². The highest BCUT2D eigenvalue weighted by atomic mass is 35.5. The van der Waals surface area contributed by atoms with Crippen LogP contribution in [-0.4, -0.2) is 34.0 Å². The number of benzene rings is 1. The minimum absolute atomic E-state index is 0.0228. The maximum atomic E-state index is 12.3. The number of hydrogen-bond acceptors (Lipinski definition) is 3. The number of rotatable bonds is 2. The number of phenols is 1. The number of likely N-dealkylation sites (tertiary alicyclic amines) is 1. The van der Waals surface area contributed by atoms with Crippen LogP contribution in [0.3, 0.4) is 0 Å². The number of nitrogens with two attached hydrogens (primary N) is 1. The number of amides is 1. The highest BCUT2D eigenvalue weighted by molar-refractivity contribution is 7.80.